The van der Waals surface area contributed by atoms with Crippen molar-refractivity contribution >= 4 is 27.5 Å². The van der Waals surface area contributed by atoms with E-state index in [-0.39, 0.29) is 5.56 Å². The van der Waals surface area contributed by atoms with Crippen LogP contribution in [0.2, 0.25) is 5.02 Å². The molecule has 20 heavy (non-hydrogen) atoms. The topological polar surface area (TPSA) is 95.7 Å². The van der Waals surface area contributed by atoms with Crippen molar-refractivity contribution in [2.24, 2.45) is 5.73 Å². The smallest absolute Gasteiger partial charge is 0.309 e. The van der Waals surface area contributed by atoms with Gasteiger partial charge in [-0.05, 0) is 19.1 Å². The van der Waals surface area contributed by atoms with Gasteiger partial charge >= 0.3 is 10.1 Å². The zero-order valence-electron chi connectivity index (χ0n) is 13.2. The Morgan fingerprint density at radius 1 is 1.50 bits per heavy atom. The van der Waals surface area contributed by atoms with Crippen LogP contribution >= 0.6 is 11.6 Å². The minimum absolute atomic E-state index is 0.0605. The fourth-order valence-electron chi connectivity index (χ4n) is 1.44. The number of ketones is 1. The van der Waals surface area contributed by atoms with Crippen LogP contribution in [0.5, 0.6) is 0 Å². The standard InChI is InChI=1S/C12H12ClNO5S/c1-2-20(16,17)19-11-9(15)10(18-12(11)14)7-3-5-8(13)6-4-7/h3-6,10H,2,14H2,1H3/t10-/m1/s1/i2D2,10D. The lowest BCUT2D eigenvalue weighted by Crippen LogP contribution is -2.16. The number of Topliss-reactive ketones (excluding diaryl/α,β-unsaturated/α-hetero) is 1. The molecule has 0 aromatic heterocycles. The summed E-state index contributed by atoms with van der Waals surface area (Å²) in [6.45, 7) is 0.743. The molecule has 108 valence electrons. The second-order valence-electron chi connectivity index (χ2n) is 3.70. The highest BCUT2D eigenvalue weighted by Gasteiger charge is 2.39. The van der Waals surface area contributed by atoms with E-state index in [0.29, 0.717) is 5.02 Å². The van der Waals surface area contributed by atoms with Gasteiger partial charge in [0.1, 0.15) is 0 Å². The van der Waals surface area contributed by atoms with E-state index < -0.39 is 39.3 Å². The van der Waals surface area contributed by atoms with Crippen LogP contribution in [0.25, 0.3) is 0 Å². The summed E-state index contributed by atoms with van der Waals surface area (Å²) >= 11 is 5.73. The van der Waals surface area contributed by atoms with Crippen molar-refractivity contribution in [3.63, 3.8) is 0 Å². The predicted molar refractivity (Wildman–Crippen MR) is 72.0 cm³/mol. The van der Waals surface area contributed by atoms with Crippen molar-refractivity contribution in [3.8, 4) is 0 Å². The van der Waals surface area contributed by atoms with Crippen LogP contribution < -0.4 is 5.73 Å². The molecule has 0 radical (unpaired) electrons. The summed E-state index contributed by atoms with van der Waals surface area (Å²) in [5, 5.41) is 0.363. The molecule has 0 amide bonds. The van der Waals surface area contributed by atoms with Crippen LogP contribution in [0.15, 0.2) is 35.9 Å². The zero-order chi connectivity index (χ0) is 17.6. The van der Waals surface area contributed by atoms with Crippen LogP contribution in [0.4, 0.5) is 0 Å². The number of carbonyl (C=O) groups is 1. The predicted octanol–water partition coefficient (Wildman–Crippen LogP) is 1.47. The lowest BCUT2D eigenvalue weighted by molar-refractivity contribution is -0.123. The summed E-state index contributed by atoms with van der Waals surface area (Å²) < 4.78 is 55.4. The van der Waals surface area contributed by atoms with Gasteiger partial charge in [-0.2, -0.15) is 8.42 Å². The number of benzene rings is 1. The zero-order valence-corrected chi connectivity index (χ0v) is 11.8. The Balaban J connectivity index is 2.37. The average Bonchev–Trinajstić information content (AvgIpc) is 2.62. The van der Waals surface area contributed by atoms with Crippen LogP contribution in [-0.2, 0) is 23.8 Å². The van der Waals surface area contributed by atoms with Crippen LogP contribution in [0, 0.1) is 0 Å². The Kier molecular flexibility index (Phi) is 2.93. The minimum atomic E-state index is -4.80. The Hall–Kier alpha value is -1.73. The number of carbonyl (C=O) groups excluding carboxylic acids is 1. The molecule has 2 rings (SSSR count). The van der Waals surface area contributed by atoms with Gasteiger partial charge in [0.2, 0.25) is 17.4 Å². The van der Waals surface area contributed by atoms with Gasteiger partial charge in [-0.3, -0.25) is 4.79 Å². The van der Waals surface area contributed by atoms with E-state index in [9.17, 15) is 13.2 Å². The first-order chi connectivity index (χ1) is 10.4. The lowest BCUT2D eigenvalue weighted by Gasteiger charge is -2.09. The quantitative estimate of drug-likeness (QED) is 0.844. The van der Waals surface area contributed by atoms with E-state index in [4.69, 9.17) is 26.2 Å². The molecule has 0 unspecified atom stereocenters. The maximum Gasteiger partial charge on any atom is 0.309 e. The van der Waals surface area contributed by atoms with Crippen molar-refractivity contribution in [3.05, 3.63) is 46.5 Å². The molecule has 6 nitrogen and oxygen atoms in total. The first kappa shape index (κ1) is 11.0. The van der Waals surface area contributed by atoms with E-state index in [2.05, 4.69) is 4.18 Å². The van der Waals surface area contributed by atoms with Gasteiger partial charge in [-0.1, -0.05) is 23.7 Å². The van der Waals surface area contributed by atoms with Crippen LogP contribution in [0.3, 0.4) is 0 Å². The number of rotatable bonds is 4. The molecule has 1 aliphatic rings. The second-order valence-corrected chi connectivity index (χ2v) is 5.62. The number of halogens is 1. The molecule has 1 atom stereocenters. The van der Waals surface area contributed by atoms with E-state index in [1.807, 2.05) is 0 Å². The third-order valence-corrected chi connectivity index (χ3v) is 3.54. The maximum atomic E-state index is 12.3. The molecule has 0 bridgehead atoms. The average molecular weight is 321 g/mol. The van der Waals surface area contributed by atoms with Gasteiger partial charge in [0, 0.05) is 13.3 Å². The minimum Gasteiger partial charge on any atom is -0.460 e. The first-order valence-electron chi connectivity index (χ1n) is 6.82. The van der Waals surface area contributed by atoms with Crippen molar-refractivity contribution in [1.82, 2.24) is 0 Å². The Bertz CT molecular complexity index is 788. The SMILES string of the molecule is [2H]C([2H])(C)S(=O)(=O)OC1=C(N)O[C@]([2H])(c2ccc(Cl)cc2)C1=O. The molecule has 0 spiro atoms. The van der Waals surface area contributed by atoms with E-state index in [0.717, 1.165) is 6.92 Å². The summed E-state index contributed by atoms with van der Waals surface area (Å²) in [6, 6.07) is 5.52. The van der Waals surface area contributed by atoms with Gasteiger partial charge in [0.25, 0.3) is 0 Å². The molecule has 0 aliphatic carbocycles. The third kappa shape index (κ3) is 2.88. The van der Waals surface area contributed by atoms with Crippen molar-refractivity contribution in [2.75, 3.05) is 5.70 Å². The molecule has 8 heteroatoms. The van der Waals surface area contributed by atoms with Gasteiger partial charge in [-0.25, -0.2) is 0 Å². The molecule has 1 aliphatic heterocycles. The number of ether oxygens (including phenoxy) is 1. The maximum absolute atomic E-state index is 12.3. The normalized spacial score (nSPS) is 25.7. The summed E-state index contributed by atoms with van der Waals surface area (Å²) in [6.07, 6.45) is -2.33. The molecular weight excluding hydrogens is 306 g/mol. The van der Waals surface area contributed by atoms with Crippen molar-refractivity contribution < 1.29 is 26.2 Å². The Labute approximate surface area is 125 Å². The Morgan fingerprint density at radius 3 is 2.65 bits per heavy atom. The van der Waals surface area contributed by atoms with Gasteiger partial charge in [0.05, 0.1) is 7.08 Å². The molecule has 2 N–H and O–H groups in total. The van der Waals surface area contributed by atoms with E-state index in [1.165, 1.54) is 24.3 Å². The van der Waals surface area contributed by atoms with Crippen LogP contribution in [0.1, 0.15) is 22.7 Å². The molecule has 0 saturated carbocycles. The number of hydrogen-bond acceptors (Lipinski definition) is 6. The third-order valence-electron chi connectivity index (χ3n) is 2.40. The summed E-state index contributed by atoms with van der Waals surface area (Å²) in [4.78, 5) is 12.3. The largest absolute Gasteiger partial charge is 0.460 e. The summed E-state index contributed by atoms with van der Waals surface area (Å²) in [7, 11) is -4.80. The highest BCUT2D eigenvalue weighted by molar-refractivity contribution is 7.86. The van der Waals surface area contributed by atoms with Crippen molar-refractivity contribution in [1.29, 1.82) is 0 Å². The van der Waals surface area contributed by atoms with Gasteiger partial charge in [-0.15, -0.1) is 0 Å². The number of nitrogens with two attached hydrogens (primary N) is 1. The van der Waals surface area contributed by atoms with Crippen molar-refractivity contribution in [2.45, 2.75) is 13.0 Å². The molecule has 0 saturated heterocycles. The van der Waals surface area contributed by atoms with Gasteiger partial charge < -0.3 is 14.7 Å². The van der Waals surface area contributed by atoms with Gasteiger partial charge in [0.15, 0.2) is 6.08 Å². The fourth-order valence-corrected chi connectivity index (χ4v) is 2.03. The second kappa shape index (κ2) is 5.34. The highest BCUT2D eigenvalue weighted by atomic mass is 35.5. The van der Waals surface area contributed by atoms with Crippen LogP contribution in [-0.4, -0.2) is 19.9 Å². The molecule has 1 aromatic rings. The molecule has 1 heterocycles. The lowest BCUT2D eigenvalue weighted by atomic mass is 10.1. The first-order valence-corrected chi connectivity index (χ1v) is 7.11. The molecule has 1 aromatic carbocycles. The highest BCUT2D eigenvalue weighted by Crippen LogP contribution is 2.32. The molecule has 0 fully saturated rings. The molecular formula is C12H12ClNO5S. The van der Waals surface area contributed by atoms with E-state index in [1.54, 1.807) is 0 Å². The fraction of sp³-hybridized carbons (Fsp3) is 0.250. The Morgan fingerprint density at radius 2 is 2.10 bits per heavy atom. The summed E-state index contributed by atoms with van der Waals surface area (Å²) in [5.74, 6) is -2.81. The number of hydrogen-bond donors (Lipinski definition) is 1. The van der Waals surface area contributed by atoms with E-state index >= 15 is 0 Å². The monoisotopic (exact) mass is 320 g/mol. The summed E-state index contributed by atoms with van der Waals surface area (Å²) in [5.41, 5.74) is 2.73.